The number of halogens is 1. The SMILES string of the molecule is CCCc1c(C(=O)O)c(-c2ccc(C#N)cc2)nn1-c1cccc(Br)c1. The van der Waals surface area contributed by atoms with E-state index in [1.807, 2.05) is 31.2 Å². The normalized spacial score (nSPS) is 10.5. The van der Waals surface area contributed by atoms with Crippen LogP contribution in [0, 0.1) is 11.3 Å². The summed E-state index contributed by atoms with van der Waals surface area (Å²) in [5.41, 5.74) is 3.27. The predicted octanol–water partition coefficient (Wildman–Crippen LogP) is 4.82. The lowest BCUT2D eigenvalue weighted by atomic mass is 10.0. The third kappa shape index (κ3) is 3.39. The molecule has 5 nitrogen and oxygen atoms in total. The van der Waals surface area contributed by atoms with Crippen molar-refractivity contribution in [3.8, 4) is 23.0 Å². The van der Waals surface area contributed by atoms with Crippen LogP contribution in [0.15, 0.2) is 53.0 Å². The summed E-state index contributed by atoms with van der Waals surface area (Å²) < 4.78 is 2.59. The van der Waals surface area contributed by atoms with Crippen LogP contribution in [0.5, 0.6) is 0 Å². The lowest BCUT2D eigenvalue weighted by Gasteiger charge is -2.07. The van der Waals surface area contributed by atoms with Gasteiger partial charge in [-0.25, -0.2) is 9.48 Å². The minimum absolute atomic E-state index is 0.205. The van der Waals surface area contributed by atoms with Gasteiger partial charge in [-0.2, -0.15) is 10.4 Å². The van der Waals surface area contributed by atoms with Crippen molar-refractivity contribution in [1.82, 2.24) is 9.78 Å². The molecule has 0 amide bonds. The molecule has 1 aromatic heterocycles. The van der Waals surface area contributed by atoms with Gasteiger partial charge in [-0.1, -0.05) is 47.5 Å². The van der Waals surface area contributed by atoms with E-state index >= 15 is 0 Å². The summed E-state index contributed by atoms with van der Waals surface area (Å²) in [5, 5.41) is 23.4. The number of aromatic carboxylic acids is 1. The number of nitriles is 1. The molecule has 6 heteroatoms. The van der Waals surface area contributed by atoms with Crippen molar-refractivity contribution in [1.29, 1.82) is 5.26 Å². The quantitative estimate of drug-likeness (QED) is 0.654. The second kappa shape index (κ2) is 7.54. The molecule has 0 saturated carbocycles. The molecule has 0 aliphatic carbocycles. The van der Waals surface area contributed by atoms with Crippen molar-refractivity contribution in [2.45, 2.75) is 19.8 Å². The molecular formula is C20H16BrN3O2. The van der Waals surface area contributed by atoms with Crippen LogP contribution in [0.2, 0.25) is 0 Å². The molecule has 3 rings (SSSR count). The van der Waals surface area contributed by atoms with Gasteiger partial charge in [0.2, 0.25) is 0 Å². The largest absolute Gasteiger partial charge is 0.478 e. The molecule has 0 unspecified atom stereocenters. The van der Waals surface area contributed by atoms with E-state index in [-0.39, 0.29) is 5.56 Å². The summed E-state index contributed by atoms with van der Waals surface area (Å²) in [6, 6.07) is 16.4. The van der Waals surface area contributed by atoms with Crippen LogP contribution in [-0.2, 0) is 6.42 Å². The molecule has 0 bridgehead atoms. The summed E-state index contributed by atoms with van der Waals surface area (Å²) in [5.74, 6) is -1.01. The molecule has 2 aromatic carbocycles. The monoisotopic (exact) mass is 409 g/mol. The lowest BCUT2D eigenvalue weighted by Crippen LogP contribution is -2.06. The van der Waals surface area contributed by atoms with Crippen LogP contribution in [0.4, 0.5) is 0 Å². The molecule has 1 N–H and O–H groups in total. The van der Waals surface area contributed by atoms with E-state index in [1.165, 1.54) is 0 Å². The van der Waals surface area contributed by atoms with Crippen molar-refractivity contribution in [2.24, 2.45) is 0 Å². The Labute approximate surface area is 159 Å². The highest BCUT2D eigenvalue weighted by Crippen LogP contribution is 2.29. The van der Waals surface area contributed by atoms with Gasteiger partial charge in [0.25, 0.3) is 0 Å². The highest BCUT2D eigenvalue weighted by Gasteiger charge is 2.24. The molecule has 0 fully saturated rings. The molecule has 0 atom stereocenters. The Morgan fingerprint density at radius 1 is 1.27 bits per heavy atom. The molecule has 0 saturated heterocycles. The number of hydrogen-bond acceptors (Lipinski definition) is 3. The maximum atomic E-state index is 12.0. The minimum atomic E-state index is -1.01. The van der Waals surface area contributed by atoms with Gasteiger partial charge in [-0.15, -0.1) is 0 Å². The minimum Gasteiger partial charge on any atom is -0.478 e. The number of nitrogens with zero attached hydrogens (tertiary/aromatic N) is 3. The van der Waals surface area contributed by atoms with E-state index < -0.39 is 5.97 Å². The number of benzene rings is 2. The summed E-state index contributed by atoms with van der Waals surface area (Å²) in [7, 11) is 0. The van der Waals surface area contributed by atoms with Gasteiger partial charge in [-0.3, -0.25) is 0 Å². The van der Waals surface area contributed by atoms with Gasteiger partial charge in [0.1, 0.15) is 11.3 Å². The molecule has 0 spiro atoms. The first-order valence-corrected chi connectivity index (χ1v) is 8.96. The van der Waals surface area contributed by atoms with Crippen LogP contribution >= 0.6 is 15.9 Å². The smallest absolute Gasteiger partial charge is 0.339 e. The lowest BCUT2D eigenvalue weighted by molar-refractivity contribution is 0.0696. The van der Waals surface area contributed by atoms with Gasteiger partial charge >= 0.3 is 5.97 Å². The summed E-state index contributed by atoms with van der Waals surface area (Å²) in [6.45, 7) is 2.01. The second-order valence-electron chi connectivity index (χ2n) is 5.81. The summed E-state index contributed by atoms with van der Waals surface area (Å²) >= 11 is 3.45. The Morgan fingerprint density at radius 2 is 2.00 bits per heavy atom. The first-order valence-electron chi connectivity index (χ1n) is 8.16. The number of aromatic nitrogens is 2. The van der Waals surface area contributed by atoms with Gasteiger partial charge in [0.15, 0.2) is 0 Å². The number of carboxylic acid groups (broad SMARTS) is 1. The summed E-state index contributed by atoms with van der Waals surface area (Å²) in [4.78, 5) is 12.0. The van der Waals surface area contributed by atoms with Crippen LogP contribution in [0.3, 0.4) is 0 Å². The Morgan fingerprint density at radius 3 is 2.58 bits per heavy atom. The first kappa shape index (κ1) is 17.9. The zero-order valence-electron chi connectivity index (χ0n) is 14.1. The fraction of sp³-hybridized carbons (Fsp3) is 0.150. The molecule has 1 heterocycles. The van der Waals surface area contributed by atoms with Gasteiger partial charge in [0, 0.05) is 10.0 Å². The molecule has 3 aromatic rings. The zero-order valence-corrected chi connectivity index (χ0v) is 15.7. The Bertz CT molecular complexity index is 1000. The van der Waals surface area contributed by atoms with E-state index in [0.717, 1.165) is 16.6 Å². The average molecular weight is 410 g/mol. The second-order valence-corrected chi connectivity index (χ2v) is 6.72. The maximum Gasteiger partial charge on any atom is 0.339 e. The van der Waals surface area contributed by atoms with Crippen molar-refractivity contribution in [3.63, 3.8) is 0 Å². The Balaban J connectivity index is 2.25. The standard InChI is InChI=1S/C20H16BrN3O2/c1-2-4-17-18(20(25)26)19(14-9-7-13(12-22)8-10-14)23-24(17)16-6-3-5-15(21)11-16/h3,5-11H,2,4H2,1H3,(H,25,26). The molecule has 26 heavy (non-hydrogen) atoms. The third-order valence-corrected chi connectivity index (χ3v) is 4.52. The fourth-order valence-electron chi connectivity index (χ4n) is 2.87. The van der Waals surface area contributed by atoms with E-state index in [2.05, 4.69) is 27.1 Å². The molecular weight excluding hydrogens is 394 g/mol. The first-order chi connectivity index (χ1) is 12.5. The Hall–Kier alpha value is -2.91. The highest BCUT2D eigenvalue weighted by molar-refractivity contribution is 9.10. The fourth-order valence-corrected chi connectivity index (χ4v) is 3.26. The van der Waals surface area contributed by atoms with Gasteiger partial charge < -0.3 is 5.11 Å². The number of carbonyl (C=O) groups is 1. The van der Waals surface area contributed by atoms with Crippen LogP contribution in [0.1, 0.15) is 35.0 Å². The predicted molar refractivity (Wildman–Crippen MR) is 102 cm³/mol. The maximum absolute atomic E-state index is 12.0. The van der Waals surface area contributed by atoms with E-state index in [0.29, 0.717) is 28.9 Å². The van der Waals surface area contributed by atoms with Crippen molar-refractivity contribution in [2.75, 3.05) is 0 Å². The zero-order chi connectivity index (χ0) is 18.7. The highest BCUT2D eigenvalue weighted by atomic mass is 79.9. The Kier molecular flexibility index (Phi) is 5.19. The molecule has 0 radical (unpaired) electrons. The van der Waals surface area contributed by atoms with E-state index in [1.54, 1.807) is 28.9 Å². The molecule has 0 aliphatic heterocycles. The van der Waals surface area contributed by atoms with E-state index in [4.69, 9.17) is 5.26 Å². The van der Waals surface area contributed by atoms with Crippen LogP contribution < -0.4 is 0 Å². The van der Waals surface area contributed by atoms with E-state index in [9.17, 15) is 9.90 Å². The molecule has 130 valence electrons. The average Bonchev–Trinajstić information content (AvgIpc) is 3.02. The van der Waals surface area contributed by atoms with Crippen molar-refractivity contribution < 1.29 is 9.90 Å². The van der Waals surface area contributed by atoms with Crippen molar-refractivity contribution in [3.05, 3.63) is 69.8 Å². The third-order valence-electron chi connectivity index (χ3n) is 4.02. The number of hydrogen-bond donors (Lipinski definition) is 1. The van der Waals surface area contributed by atoms with Gasteiger partial charge in [-0.05, 0) is 36.8 Å². The number of rotatable bonds is 5. The van der Waals surface area contributed by atoms with Crippen LogP contribution in [-0.4, -0.2) is 20.9 Å². The van der Waals surface area contributed by atoms with Crippen molar-refractivity contribution >= 4 is 21.9 Å². The molecule has 0 aliphatic rings. The topological polar surface area (TPSA) is 78.9 Å². The number of carboxylic acids is 1. The van der Waals surface area contributed by atoms with Crippen LogP contribution in [0.25, 0.3) is 16.9 Å². The summed E-state index contributed by atoms with van der Waals surface area (Å²) in [6.07, 6.45) is 1.39. The van der Waals surface area contributed by atoms with Gasteiger partial charge in [0.05, 0.1) is 23.0 Å².